The molecular formula is C32H36O4. The van der Waals surface area contributed by atoms with Crippen LogP contribution < -0.4 is 4.74 Å². The van der Waals surface area contributed by atoms with Crippen LogP contribution in [0.25, 0.3) is 6.08 Å². The van der Waals surface area contributed by atoms with Gasteiger partial charge in [-0.3, -0.25) is 9.59 Å². The topological polar surface area (TPSA) is 52.6 Å². The van der Waals surface area contributed by atoms with Gasteiger partial charge in [0.1, 0.15) is 5.75 Å². The summed E-state index contributed by atoms with van der Waals surface area (Å²) in [6.45, 7) is 6.72. The van der Waals surface area contributed by atoms with Crippen LogP contribution in [0.2, 0.25) is 0 Å². The standard InChI is InChI=1S/C27H24O2.C3H8.C2H4O2/c1-18-10-12-19(13-11-18)16-27(22-14-20-6-3-4-7-21(20)15-22)17-24-23(26(27)28)8-5-9-25(24)29-2;1-3-2;1-4-2-3/h3-14H,15-17H2,1-2H3;3H2,1-2H3;2H,1H3. The maximum atomic E-state index is 13.9. The van der Waals surface area contributed by atoms with E-state index in [1.165, 1.54) is 41.4 Å². The minimum absolute atomic E-state index is 0.228. The number of fused-ring (bicyclic) bond motifs is 2. The lowest BCUT2D eigenvalue weighted by molar-refractivity contribution is -0.126. The minimum atomic E-state index is -0.550. The molecule has 0 amide bonds. The molecule has 5 rings (SSSR count). The van der Waals surface area contributed by atoms with Gasteiger partial charge in [-0.25, -0.2) is 0 Å². The van der Waals surface area contributed by atoms with Gasteiger partial charge in [-0.15, -0.1) is 0 Å². The lowest BCUT2D eigenvalue weighted by atomic mass is 9.71. The van der Waals surface area contributed by atoms with Crippen LogP contribution in [0.1, 0.15) is 58.4 Å². The Morgan fingerprint density at radius 3 is 2.22 bits per heavy atom. The summed E-state index contributed by atoms with van der Waals surface area (Å²) in [5.41, 5.74) is 7.51. The van der Waals surface area contributed by atoms with Crippen LogP contribution in [0.5, 0.6) is 5.75 Å². The third-order valence-electron chi connectivity index (χ3n) is 6.61. The Hall–Kier alpha value is -3.66. The number of methoxy groups -OCH3 is 2. The van der Waals surface area contributed by atoms with E-state index < -0.39 is 5.41 Å². The van der Waals surface area contributed by atoms with Gasteiger partial charge in [0, 0.05) is 11.1 Å². The molecule has 3 aromatic carbocycles. The molecular weight excluding hydrogens is 448 g/mol. The molecule has 2 aliphatic rings. The Kier molecular flexibility index (Phi) is 9.24. The zero-order valence-corrected chi connectivity index (χ0v) is 22.0. The van der Waals surface area contributed by atoms with Gasteiger partial charge in [0.15, 0.2) is 5.78 Å². The first kappa shape index (κ1) is 26.9. The average Bonchev–Trinajstić information content (AvgIpc) is 3.46. The zero-order valence-electron chi connectivity index (χ0n) is 22.0. The highest BCUT2D eigenvalue weighted by molar-refractivity contribution is 6.08. The Morgan fingerprint density at radius 1 is 0.944 bits per heavy atom. The second-order valence-corrected chi connectivity index (χ2v) is 9.32. The van der Waals surface area contributed by atoms with Crippen molar-refractivity contribution in [1.82, 2.24) is 0 Å². The van der Waals surface area contributed by atoms with Crippen LogP contribution in [0.15, 0.2) is 72.3 Å². The predicted octanol–water partition coefficient (Wildman–Crippen LogP) is 6.82. The molecule has 4 heteroatoms. The SMILES string of the molecule is CCC.COC=O.COc1cccc2c1CC(Cc1ccc(C)cc1)(C1=Cc3ccccc3C1)C2=O. The summed E-state index contributed by atoms with van der Waals surface area (Å²) in [5.74, 6) is 1.05. The van der Waals surface area contributed by atoms with Crippen molar-refractivity contribution in [2.45, 2.75) is 46.5 Å². The fraction of sp³-hybridized carbons (Fsp3) is 0.312. The smallest absolute Gasteiger partial charge is 0.292 e. The van der Waals surface area contributed by atoms with Gasteiger partial charge in [-0.05, 0) is 48.9 Å². The molecule has 0 heterocycles. The molecule has 2 aliphatic carbocycles. The van der Waals surface area contributed by atoms with Crippen molar-refractivity contribution >= 4 is 18.3 Å². The molecule has 0 spiro atoms. The molecule has 4 nitrogen and oxygen atoms in total. The first-order chi connectivity index (χ1) is 17.4. The molecule has 3 aromatic rings. The first-order valence-electron chi connectivity index (χ1n) is 12.5. The fourth-order valence-electron chi connectivity index (χ4n) is 4.95. The van der Waals surface area contributed by atoms with Gasteiger partial charge in [-0.2, -0.15) is 0 Å². The maximum Gasteiger partial charge on any atom is 0.292 e. The number of carbonyl (C=O) groups excluding carboxylic acids is 2. The average molecular weight is 485 g/mol. The number of ether oxygens (including phenoxy) is 2. The second-order valence-electron chi connectivity index (χ2n) is 9.32. The lowest BCUT2D eigenvalue weighted by Crippen LogP contribution is -2.33. The minimum Gasteiger partial charge on any atom is -0.496 e. The lowest BCUT2D eigenvalue weighted by Gasteiger charge is -2.30. The molecule has 36 heavy (non-hydrogen) atoms. The van der Waals surface area contributed by atoms with Crippen molar-refractivity contribution in [3.63, 3.8) is 0 Å². The van der Waals surface area contributed by atoms with Gasteiger partial charge >= 0.3 is 0 Å². The van der Waals surface area contributed by atoms with E-state index in [-0.39, 0.29) is 5.78 Å². The molecule has 0 radical (unpaired) electrons. The van der Waals surface area contributed by atoms with Crippen molar-refractivity contribution in [1.29, 1.82) is 0 Å². The number of hydrogen-bond donors (Lipinski definition) is 0. The van der Waals surface area contributed by atoms with Gasteiger partial charge < -0.3 is 9.47 Å². The van der Waals surface area contributed by atoms with E-state index in [0.717, 1.165) is 23.3 Å². The van der Waals surface area contributed by atoms with Crippen LogP contribution in [0.4, 0.5) is 0 Å². The molecule has 0 saturated heterocycles. The highest BCUT2D eigenvalue weighted by Crippen LogP contribution is 2.50. The molecule has 1 atom stereocenters. The highest BCUT2D eigenvalue weighted by atomic mass is 16.5. The van der Waals surface area contributed by atoms with Crippen molar-refractivity contribution in [2.24, 2.45) is 5.41 Å². The summed E-state index contributed by atoms with van der Waals surface area (Å²) in [4.78, 5) is 22.9. The number of benzene rings is 3. The van der Waals surface area contributed by atoms with Crippen LogP contribution in [0.3, 0.4) is 0 Å². The number of Topliss-reactive ketones (excluding diaryl/α,β-unsaturated/α-hetero) is 1. The molecule has 0 saturated carbocycles. The van der Waals surface area contributed by atoms with E-state index in [0.29, 0.717) is 19.3 Å². The van der Waals surface area contributed by atoms with Crippen molar-refractivity contribution in [3.05, 3.63) is 106 Å². The fourth-order valence-corrected chi connectivity index (χ4v) is 4.95. The van der Waals surface area contributed by atoms with Crippen LogP contribution in [-0.4, -0.2) is 26.5 Å². The summed E-state index contributed by atoms with van der Waals surface area (Å²) in [5, 5.41) is 0. The van der Waals surface area contributed by atoms with E-state index in [1.54, 1.807) is 7.11 Å². The van der Waals surface area contributed by atoms with E-state index in [2.05, 4.69) is 80.1 Å². The summed E-state index contributed by atoms with van der Waals surface area (Å²) < 4.78 is 9.48. The molecule has 0 aromatic heterocycles. The molecule has 188 valence electrons. The quantitative estimate of drug-likeness (QED) is 0.373. The predicted molar refractivity (Wildman–Crippen MR) is 146 cm³/mol. The van der Waals surface area contributed by atoms with Gasteiger partial charge in [-0.1, -0.05) is 98.1 Å². The number of allylic oxidation sites excluding steroid dienone is 1. The molecule has 1 unspecified atom stereocenters. The van der Waals surface area contributed by atoms with E-state index in [9.17, 15) is 4.79 Å². The third kappa shape index (κ3) is 5.59. The van der Waals surface area contributed by atoms with E-state index in [4.69, 9.17) is 9.53 Å². The Bertz CT molecular complexity index is 1220. The Labute approximate surface area is 215 Å². The maximum absolute atomic E-state index is 13.9. The van der Waals surface area contributed by atoms with Gasteiger partial charge in [0.2, 0.25) is 0 Å². The van der Waals surface area contributed by atoms with Crippen molar-refractivity contribution in [2.75, 3.05) is 14.2 Å². The summed E-state index contributed by atoms with van der Waals surface area (Å²) in [6.07, 6.45) is 5.74. The Balaban J connectivity index is 0.000000463. The summed E-state index contributed by atoms with van der Waals surface area (Å²) in [7, 11) is 3.00. The molecule has 0 N–H and O–H groups in total. The number of rotatable bonds is 5. The number of ketones is 1. The van der Waals surface area contributed by atoms with Crippen molar-refractivity contribution in [3.8, 4) is 5.75 Å². The Morgan fingerprint density at radius 2 is 1.61 bits per heavy atom. The largest absolute Gasteiger partial charge is 0.496 e. The monoisotopic (exact) mass is 484 g/mol. The molecule has 0 bridgehead atoms. The van der Waals surface area contributed by atoms with Gasteiger partial charge in [0.05, 0.1) is 19.6 Å². The second kappa shape index (κ2) is 12.3. The van der Waals surface area contributed by atoms with Crippen LogP contribution >= 0.6 is 0 Å². The van der Waals surface area contributed by atoms with Crippen molar-refractivity contribution < 1.29 is 19.1 Å². The molecule has 0 fully saturated rings. The summed E-state index contributed by atoms with van der Waals surface area (Å²) >= 11 is 0. The first-order valence-corrected chi connectivity index (χ1v) is 12.5. The number of aryl methyl sites for hydroxylation is 1. The highest BCUT2D eigenvalue weighted by Gasteiger charge is 2.49. The zero-order chi connectivity index (χ0) is 26.1. The summed E-state index contributed by atoms with van der Waals surface area (Å²) in [6, 6.07) is 22.9. The van der Waals surface area contributed by atoms with E-state index >= 15 is 0 Å². The van der Waals surface area contributed by atoms with E-state index in [1.807, 2.05) is 18.2 Å². The normalized spacial score (nSPS) is 16.9. The van der Waals surface area contributed by atoms with Crippen LogP contribution in [-0.2, 0) is 28.8 Å². The third-order valence-corrected chi connectivity index (χ3v) is 6.61. The van der Waals surface area contributed by atoms with Crippen LogP contribution in [0, 0.1) is 12.3 Å². The van der Waals surface area contributed by atoms with Gasteiger partial charge in [0.25, 0.3) is 6.47 Å². The molecule has 0 aliphatic heterocycles. The number of hydrogen-bond acceptors (Lipinski definition) is 4. The number of carbonyl (C=O) groups is 2.